The van der Waals surface area contributed by atoms with Crippen LogP contribution in [0.15, 0.2) is 18.2 Å². The van der Waals surface area contributed by atoms with E-state index in [4.69, 9.17) is 27.9 Å². The second-order valence-electron chi connectivity index (χ2n) is 3.89. The molecule has 0 amide bonds. The third-order valence-corrected chi connectivity index (χ3v) is 3.11. The van der Waals surface area contributed by atoms with Crippen LogP contribution in [0.3, 0.4) is 0 Å². The van der Waals surface area contributed by atoms with Crippen LogP contribution in [0.2, 0.25) is 5.02 Å². The number of carbonyl (C=O) groups is 1. The van der Waals surface area contributed by atoms with E-state index in [9.17, 15) is 4.79 Å². The summed E-state index contributed by atoms with van der Waals surface area (Å²) in [6.45, 7) is 4.12. The van der Waals surface area contributed by atoms with E-state index in [0.717, 1.165) is 16.1 Å². The summed E-state index contributed by atoms with van der Waals surface area (Å²) in [5.74, 6) is -0.252. The average molecular weight is 275 g/mol. The van der Waals surface area contributed by atoms with Crippen LogP contribution >= 0.6 is 23.2 Å². The van der Waals surface area contributed by atoms with Gasteiger partial charge in [0.25, 0.3) is 0 Å². The standard InChI is InChI=1S/C13H16Cl2O2/c1-3-17-13(16)8-11(14)7-10-4-5-12(15)9(2)6-10/h4-6,11H,3,7-8H2,1-2H3. The molecule has 0 N–H and O–H groups in total. The molecule has 17 heavy (non-hydrogen) atoms. The maximum Gasteiger partial charge on any atom is 0.307 e. The highest BCUT2D eigenvalue weighted by molar-refractivity contribution is 6.31. The van der Waals surface area contributed by atoms with E-state index in [-0.39, 0.29) is 17.8 Å². The Kier molecular flexibility index (Phi) is 5.79. The Balaban J connectivity index is 2.53. The van der Waals surface area contributed by atoms with Gasteiger partial charge in [0.1, 0.15) is 0 Å². The highest BCUT2D eigenvalue weighted by atomic mass is 35.5. The number of hydrogen-bond acceptors (Lipinski definition) is 2. The molecule has 0 aromatic heterocycles. The van der Waals surface area contributed by atoms with Gasteiger partial charge in [-0.05, 0) is 37.5 Å². The molecule has 0 aliphatic rings. The minimum Gasteiger partial charge on any atom is -0.466 e. The van der Waals surface area contributed by atoms with Crippen molar-refractivity contribution in [3.63, 3.8) is 0 Å². The molecule has 1 unspecified atom stereocenters. The third kappa shape index (κ3) is 4.97. The van der Waals surface area contributed by atoms with Crippen molar-refractivity contribution in [2.45, 2.75) is 32.1 Å². The van der Waals surface area contributed by atoms with E-state index in [1.165, 1.54) is 0 Å². The molecule has 0 bridgehead atoms. The molecule has 0 saturated heterocycles. The van der Waals surface area contributed by atoms with Crippen molar-refractivity contribution in [3.05, 3.63) is 34.3 Å². The first kappa shape index (κ1) is 14.3. The Morgan fingerprint density at radius 2 is 2.18 bits per heavy atom. The summed E-state index contributed by atoms with van der Waals surface area (Å²) < 4.78 is 4.85. The Hall–Kier alpha value is -0.730. The van der Waals surface area contributed by atoms with Crippen molar-refractivity contribution in [1.82, 2.24) is 0 Å². The fraction of sp³-hybridized carbons (Fsp3) is 0.462. The van der Waals surface area contributed by atoms with E-state index < -0.39 is 0 Å². The highest BCUT2D eigenvalue weighted by Gasteiger charge is 2.12. The van der Waals surface area contributed by atoms with Gasteiger partial charge in [-0.2, -0.15) is 0 Å². The monoisotopic (exact) mass is 274 g/mol. The first-order chi connectivity index (χ1) is 8.02. The summed E-state index contributed by atoms with van der Waals surface area (Å²) in [6.07, 6.45) is 0.870. The molecule has 1 aromatic carbocycles. The zero-order valence-electron chi connectivity index (χ0n) is 10.0. The first-order valence-electron chi connectivity index (χ1n) is 5.57. The van der Waals surface area contributed by atoms with Crippen molar-refractivity contribution in [1.29, 1.82) is 0 Å². The Bertz CT molecular complexity index is 391. The predicted molar refractivity (Wildman–Crippen MR) is 70.8 cm³/mol. The van der Waals surface area contributed by atoms with Gasteiger partial charge in [0.2, 0.25) is 0 Å². The first-order valence-corrected chi connectivity index (χ1v) is 6.39. The molecule has 0 aliphatic heterocycles. The van der Waals surface area contributed by atoms with Crippen LogP contribution in [0.4, 0.5) is 0 Å². The Morgan fingerprint density at radius 3 is 2.76 bits per heavy atom. The summed E-state index contributed by atoms with van der Waals surface area (Å²) in [6, 6.07) is 5.76. The lowest BCUT2D eigenvalue weighted by Crippen LogP contribution is -2.13. The van der Waals surface area contributed by atoms with Gasteiger partial charge in [-0.3, -0.25) is 4.79 Å². The number of aryl methyl sites for hydroxylation is 1. The van der Waals surface area contributed by atoms with Crippen molar-refractivity contribution in [2.24, 2.45) is 0 Å². The molecule has 1 aromatic rings. The van der Waals surface area contributed by atoms with Crippen molar-refractivity contribution >= 4 is 29.2 Å². The fourth-order valence-corrected chi connectivity index (χ4v) is 1.98. The van der Waals surface area contributed by atoms with Crippen LogP contribution < -0.4 is 0 Å². The van der Waals surface area contributed by atoms with E-state index in [1.807, 2.05) is 25.1 Å². The lowest BCUT2D eigenvalue weighted by molar-refractivity contribution is -0.143. The quantitative estimate of drug-likeness (QED) is 0.604. The van der Waals surface area contributed by atoms with Gasteiger partial charge in [0, 0.05) is 10.4 Å². The SMILES string of the molecule is CCOC(=O)CC(Cl)Cc1ccc(Cl)c(C)c1. The van der Waals surface area contributed by atoms with E-state index >= 15 is 0 Å². The van der Waals surface area contributed by atoms with Crippen LogP contribution in [0, 0.1) is 6.92 Å². The maximum absolute atomic E-state index is 11.2. The molecule has 0 fully saturated rings. The van der Waals surface area contributed by atoms with Crippen LogP contribution in [-0.4, -0.2) is 18.0 Å². The summed E-state index contributed by atoms with van der Waals surface area (Å²) in [5, 5.41) is 0.500. The number of ether oxygens (including phenoxy) is 1. The van der Waals surface area contributed by atoms with Gasteiger partial charge < -0.3 is 4.74 Å². The lowest BCUT2D eigenvalue weighted by Gasteiger charge is -2.10. The van der Waals surface area contributed by atoms with Crippen LogP contribution in [0.5, 0.6) is 0 Å². The molecule has 0 radical (unpaired) electrons. The average Bonchev–Trinajstić information content (AvgIpc) is 2.23. The molecule has 0 aliphatic carbocycles. The van der Waals surface area contributed by atoms with Crippen LogP contribution in [0.1, 0.15) is 24.5 Å². The minimum absolute atomic E-state index is 0.233. The Labute approximate surface area is 112 Å². The number of carbonyl (C=O) groups excluding carboxylic acids is 1. The largest absolute Gasteiger partial charge is 0.466 e. The van der Waals surface area contributed by atoms with Gasteiger partial charge in [-0.1, -0.05) is 23.7 Å². The molecular weight excluding hydrogens is 259 g/mol. The number of halogens is 2. The number of alkyl halides is 1. The van der Waals surface area contributed by atoms with E-state index in [2.05, 4.69) is 0 Å². The maximum atomic E-state index is 11.2. The topological polar surface area (TPSA) is 26.3 Å². The molecule has 4 heteroatoms. The minimum atomic E-state index is -0.252. The van der Waals surface area contributed by atoms with Gasteiger partial charge in [0.15, 0.2) is 0 Å². The van der Waals surface area contributed by atoms with Gasteiger partial charge in [-0.25, -0.2) is 0 Å². The second-order valence-corrected chi connectivity index (χ2v) is 4.92. The van der Waals surface area contributed by atoms with Crippen molar-refractivity contribution < 1.29 is 9.53 Å². The lowest BCUT2D eigenvalue weighted by atomic mass is 10.1. The molecule has 0 saturated carbocycles. The molecule has 0 heterocycles. The second kappa shape index (κ2) is 6.87. The van der Waals surface area contributed by atoms with Gasteiger partial charge >= 0.3 is 5.97 Å². The summed E-state index contributed by atoms with van der Waals surface area (Å²) in [7, 11) is 0. The molecule has 1 rings (SSSR count). The number of esters is 1. The predicted octanol–water partition coefficient (Wildman–Crippen LogP) is 3.75. The summed E-state index contributed by atoms with van der Waals surface area (Å²) in [4.78, 5) is 11.2. The zero-order chi connectivity index (χ0) is 12.8. The highest BCUT2D eigenvalue weighted by Crippen LogP contribution is 2.19. The number of hydrogen-bond donors (Lipinski definition) is 0. The number of rotatable bonds is 5. The summed E-state index contributed by atoms with van der Waals surface area (Å²) in [5.41, 5.74) is 2.10. The van der Waals surface area contributed by atoms with Crippen molar-refractivity contribution in [2.75, 3.05) is 6.61 Å². The van der Waals surface area contributed by atoms with Gasteiger partial charge in [-0.15, -0.1) is 11.6 Å². The van der Waals surface area contributed by atoms with Crippen LogP contribution in [0.25, 0.3) is 0 Å². The fourth-order valence-electron chi connectivity index (χ4n) is 1.56. The van der Waals surface area contributed by atoms with E-state index in [1.54, 1.807) is 6.92 Å². The normalized spacial score (nSPS) is 12.2. The zero-order valence-corrected chi connectivity index (χ0v) is 11.5. The van der Waals surface area contributed by atoms with Crippen molar-refractivity contribution in [3.8, 4) is 0 Å². The Morgan fingerprint density at radius 1 is 1.47 bits per heavy atom. The third-order valence-electron chi connectivity index (χ3n) is 2.37. The smallest absolute Gasteiger partial charge is 0.307 e. The molecule has 2 nitrogen and oxygen atoms in total. The molecule has 1 atom stereocenters. The summed E-state index contributed by atoms with van der Waals surface area (Å²) >= 11 is 12.0. The number of benzene rings is 1. The molecule has 0 spiro atoms. The van der Waals surface area contributed by atoms with E-state index in [0.29, 0.717) is 13.0 Å². The van der Waals surface area contributed by atoms with Gasteiger partial charge in [0.05, 0.1) is 13.0 Å². The molecular formula is C13H16Cl2O2. The van der Waals surface area contributed by atoms with Crippen LogP contribution in [-0.2, 0) is 16.0 Å². The molecule has 94 valence electrons.